The van der Waals surface area contributed by atoms with Crippen molar-refractivity contribution in [1.82, 2.24) is 0 Å². The zero-order valence-corrected chi connectivity index (χ0v) is 11.0. The molecular formula is C14H16FNOS. The van der Waals surface area contributed by atoms with Crippen molar-refractivity contribution in [3.8, 4) is 0 Å². The van der Waals surface area contributed by atoms with Crippen LogP contribution in [0.4, 0.5) is 10.1 Å². The summed E-state index contributed by atoms with van der Waals surface area (Å²) in [5.41, 5.74) is 0.715. The molecule has 18 heavy (non-hydrogen) atoms. The maximum atomic E-state index is 13.4. The maximum absolute atomic E-state index is 13.4. The lowest BCUT2D eigenvalue weighted by Gasteiger charge is -2.40. The molecule has 1 heterocycles. The molecule has 0 bridgehead atoms. The van der Waals surface area contributed by atoms with Crippen LogP contribution in [-0.2, 0) is 4.79 Å². The molecule has 1 aromatic carbocycles. The van der Waals surface area contributed by atoms with Gasteiger partial charge in [-0.1, -0.05) is 25.3 Å². The number of carbonyl (C=O) groups excluding carboxylic acids is 1. The van der Waals surface area contributed by atoms with Gasteiger partial charge in [0.1, 0.15) is 5.82 Å². The molecule has 3 rings (SSSR count). The second-order valence-electron chi connectivity index (χ2n) is 5.00. The monoisotopic (exact) mass is 265 g/mol. The fourth-order valence-corrected chi connectivity index (χ4v) is 4.45. The van der Waals surface area contributed by atoms with Crippen molar-refractivity contribution in [3.63, 3.8) is 0 Å². The molecule has 0 N–H and O–H groups in total. The number of halogens is 1. The van der Waals surface area contributed by atoms with E-state index in [1.165, 1.54) is 18.6 Å². The van der Waals surface area contributed by atoms with Crippen molar-refractivity contribution in [1.29, 1.82) is 0 Å². The van der Waals surface area contributed by atoms with Crippen LogP contribution in [0.25, 0.3) is 0 Å². The van der Waals surface area contributed by atoms with E-state index in [1.807, 2.05) is 11.0 Å². The number of anilines is 1. The summed E-state index contributed by atoms with van der Waals surface area (Å²) in [6.45, 7) is 0. The number of carbonyl (C=O) groups is 1. The third-order valence-electron chi connectivity index (χ3n) is 3.82. The fraction of sp³-hybridized carbons (Fsp3) is 0.500. The largest absolute Gasteiger partial charge is 0.296 e. The summed E-state index contributed by atoms with van der Waals surface area (Å²) >= 11 is 1.74. The van der Waals surface area contributed by atoms with Crippen LogP contribution in [0, 0.1) is 5.82 Å². The topological polar surface area (TPSA) is 20.3 Å². The van der Waals surface area contributed by atoms with Gasteiger partial charge in [0.2, 0.25) is 5.91 Å². The van der Waals surface area contributed by atoms with E-state index in [0.717, 1.165) is 25.7 Å². The third-order valence-corrected chi connectivity index (χ3v) is 5.34. The minimum atomic E-state index is -0.275. The number of rotatable bonds is 1. The van der Waals surface area contributed by atoms with Crippen LogP contribution in [0.15, 0.2) is 24.3 Å². The van der Waals surface area contributed by atoms with E-state index in [2.05, 4.69) is 0 Å². The molecule has 1 amide bonds. The van der Waals surface area contributed by atoms with E-state index in [9.17, 15) is 9.18 Å². The van der Waals surface area contributed by atoms with Crippen LogP contribution in [0.3, 0.4) is 0 Å². The Morgan fingerprint density at radius 3 is 2.72 bits per heavy atom. The number of hydrogen-bond acceptors (Lipinski definition) is 2. The molecule has 0 unspecified atom stereocenters. The van der Waals surface area contributed by atoms with Crippen molar-refractivity contribution < 1.29 is 9.18 Å². The normalized spacial score (nSPS) is 22.7. The quantitative estimate of drug-likeness (QED) is 0.773. The predicted molar refractivity (Wildman–Crippen MR) is 72.2 cm³/mol. The van der Waals surface area contributed by atoms with Crippen molar-refractivity contribution >= 4 is 23.4 Å². The molecule has 1 aliphatic carbocycles. The van der Waals surface area contributed by atoms with E-state index >= 15 is 0 Å². The lowest BCUT2D eigenvalue weighted by atomic mass is 9.93. The summed E-state index contributed by atoms with van der Waals surface area (Å²) in [6, 6.07) is 6.41. The fourth-order valence-electron chi connectivity index (χ4n) is 3.02. The van der Waals surface area contributed by atoms with Gasteiger partial charge in [-0.2, -0.15) is 0 Å². The number of amides is 1. The molecule has 4 heteroatoms. The summed E-state index contributed by atoms with van der Waals surface area (Å²) in [5.74, 6) is 0.368. The zero-order chi connectivity index (χ0) is 12.6. The highest BCUT2D eigenvalue weighted by molar-refractivity contribution is 8.02. The van der Waals surface area contributed by atoms with Gasteiger partial charge in [-0.15, -0.1) is 11.8 Å². The number of thioether (sulfide) groups is 1. The Morgan fingerprint density at radius 1 is 1.22 bits per heavy atom. The molecule has 1 saturated heterocycles. The second-order valence-corrected chi connectivity index (χ2v) is 6.34. The average Bonchev–Trinajstić information content (AvgIpc) is 2.67. The van der Waals surface area contributed by atoms with Crippen LogP contribution >= 0.6 is 11.8 Å². The lowest BCUT2D eigenvalue weighted by Crippen LogP contribution is -2.45. The molecular weight excluding hydrogens is 249 g/mol. The second kappa shape index (κ2) is 4.57. The Labute approximate surface area is 111 Å². The first-order chi connectivity index (χ1) is 8.71. The smallest absolute Gasteiger partial charge is 0.238 e. The summed E-state index contributed by atoms with van der Waals surface area (Å²) < 4.78 is 13.4. The van der Waals surface area contributed by atoms with E-state index < -0.39 is 0 Å². The van der Waals surface area contributed by atoms with Gasteiger partial charge in [0.15, 0.2) is 0 Å². The first kappa shape index (κ1) is 12.0. The van der Waals surface area contributed by atoms with Crippen molar-refractivity contribution in [2.75, 3.05) is 10.7 Å². The van der Waals surface area contributed by atoms with E-state index in [1.54, 1.807) is 17.8 Å². The Morgan fingerprint density at radius 2 is 2.00 bits per heavy atom. The van der Waals surface area contributed by atoms with Gasteiger partial charge >= 0.3 is 0 Å². The molecule has 0 radical (unpaired) electrons. The highest BCUT2D eigenvalue weighted by atomic mass is 32.2. The van der Waals surface area contributed by atoms with Crippen LogP contribution in [-0.4, -0.2) is 16.5 Å². The molecule has 2 nitrogen and oxygen atoms in total. The minimum Gasteiger partial charge on any atom is -0.296 e. The molecule has 2 aliphatic rings. The van der Waals surface area contributed by atoms with Crippen LogP contribution in [0.2, 0.25) is 0 Å². The van der Waals surface area contributed by atoms with E-state index in [0.29, 0.717) is 11.4 Å². The third kappa shape index (κ3) is 1.92. The van der Waals surface area contributed by atoms with Crippen LogP contribution in [0.1, 0.15) is 32.1 Å². The molecule has 1 saturated carbocycles. The highest BCUT2D eigenvalue weighted by Crippen LogP contribution is 2.48. The van der Waals surface area contributed by atoms with Crippen LogP contribution in [0.5, 0.6) is 0 Å². The molecule has 1 spiro atoms. The molecule has 1 aromatic rings. The average molecular weight is 265 g/mol. The Hall–Kier alpha value is -1.03. The molecule has 0 atom stereocenters. The summed E-state index contributed by atoms with van der Waals surface area (Å²) in [7, 11) is 0. The summed E-state index contributed by atoms with van der Waals surface area (Å²) in [4.78, 5) is 13.9. The van der Waals surface area contributed by atoms with Gasteiger partial charge in [0.05, 0.1) is 10.6 Å². The summed E-state index contributed by atoms with van der Waals surface area (Å²) in [5, 5.41) is 0. The number of hydrogen-bond donors (Lipinski definition) is 0. The van der Waals surface area contributed by atoms with Gasteiger partial charge in [-0.25, -0.2) is 4.39 Å². The van der Waals surface area contributed by atoms with Crippen molar-refractivity contribution in [2.24, 2.45) is 0 Å². The molecule has 96 valence electrons. The van der Waals surface area contributed by atoms with Crippen molar-refractivity contribution in [2.45, 2.75) is 37.0 Å². The SMILES string of the molecule is O=C1CSC2(CCCCC2)N1c1cccc(F)c1. The Balaban J connectivity index is 1.99. The van der Waals surface area contributed by atoms with Gasteiger partial charge in [0.25, 0.3) is 0 Å². The van der Waals surface area contributed by atoms with Crippen molar-refractivity contribution in [3.05, 3.63) is 30.1 Å². The van der Waals surface area contributed by atoms with E-state index in [4.69, 9.17) is 0 Å². The van der Waals surface area contributed by atoms with Crippen LogP contribution < -0.4 is 4.90 Å². The van der Waals surface area contributed by atoms with Gasteiger partial charge in [-0.05, 0) is 31.0 Å². The standard InChI is InChI=1S/C14H16FNOS/c15-11-5-4-6-12(9-11)16-13(17)10-18-14(16)7-2-1-3-8-14/h4-6,9H,1-3,7-8,10H2. The number of nitrogens with zero attached hydrogens (tertiary/aromatic N) is 1. The Kier molecular flexibility index (Phi) is 3.06. The molecule has 1 aliphatic heterocycles. The van der Waals surface area contributed by atoms with Gasteiger partial charge in [0, 0.05) is 5.69 Å². The van der Waals surface area contributed by atoms with Gasteiger partial charge in [-0.3, -0.25) is 9.69 Å². The summed E-state index contributed by atoms with van der Waals surface area (Å²) in [6.07, 6.45) is 5.62. The molecule has 2 fully saturated rings. The maximum Gasteiger partial charge on any atom is 0.238 e. The lowest BCUT2D eigenvalue weighted by molar-refractivity contribution is -0.116. The highest BCUT2D eigenvalue weighted by Gasteiger charge is 2.47. The Bertz CT molecular complexity index is 471. The molecule has 0 aromatic heterocycles. The number of benzene rings is 1. The minimum absolute atomic E-state index is 0.108. The van der Waals surface area contributed by atoms with Gasteiger partial charge < -0.3 is 0 Å². The first-order valence-electron chi connectivity index (χ1n) is 6.44. The predicted octanol–water partition coefficient (Wildman–Crippen LogP) is 3.57. The zero-order valence-electron chi connectivity index (χ0n) is 10.2. The first-order valence-corrected chi connectivity index (χ1v) is 7.42. The van der Waals surface area contributed by atoms with E-state index in [-0.39, 0.29) is 16.6 Å².